The first kappa shape index (κ1) is 25.0. The lowest BCUT2D eigenvalue weighted by molar-refractivity contribution is -0.135. The predicted molar refractivity (Wildman–Crippen MR) is 125 cm³/mol. The number of halogens is 2. The first-order valence-corrected chi connectivity index (χ1v) is 10.1. The Morgan fingerprint density at radius 3 is 2.43 bits per heavy atom. The molecule has 1 aliphatic heterocycles. The van der Waals surface area contributed by atoms with Crippen molar-refractivity contribution in [2.45, 2.75) is 45.8 Å². The molecule has 1 aromatic carbocycles. The zero-order chi connectivity index (χ0) is 19.8. The summed E-state index contributed by atoms with van der Waals surface area (Å²) in [6, 6.07) is 7.42. The molecule has 8 heteroatoms. The van der Waals surface area contributed by atoms with Crippen LogP contribution < -0.4 is 10.6 Å². The van der Waals surface area contributed by atoms with Gasteiger partial charge in [-0.15, -0.1) is 24.0 Å². The molecule has 2 rings (SSSR count). The van der Waals surface area contributed by atoms with Gasteiger partial charge in [0.2, 0.25) is 5.91 Å². The number of aliphatic imine (C=N–C) groups is 1. The number of nitrogens with one attached hydrogen (secondary N) is 2. The molecule has 3 N–H and O–H groups in total. The van der Waals surface area contributed by atoms with Crippen LogP contribution >= 0.6 is 35.6 Å². The molecule has 1 unspecified atom stereocenters. The Morgan fingerprint density at radius 1 is 1.29 bits per heavy atom. The Kier molecular flexibility index (Phi) is 11.1. The standard InChI is InChI=1S/C20H31ClN4O2.HI/c1-4-22-20(23-13-18(26)15-5-7-16(21)8-6-15)24-17-9-11-25(12-10-17)19(27)14(2)3;/h5-8,14,17-18,26H,4,9-13H2,1-3H3,(H2,22,23,24);1H. The van der Waals surface area contributed by atoms with Crippen molar-refractivity contribution >= 4 is 47.4 Å². The van der Waals surface area contributed by atoms with Crippen molar-refractivity contribution in [2.24, 2.45) is 10.9 Å². The molecule has 1 atom stereocenters. The molecule has 1 heterocycles. The van der Waals surface area contributed by atoms with Gasteiger partial charge in [0.05, 0.1) is 12.6 Å². The lowest BCUT2D eigenvalue weighted by Gasteiger charge is -2.34. The van der Waals surface area contributed by atoms with E-state index < -0.39 is 6.10 Å². The van der Waals surface area contributed by atoms with Gasteiger partial charge in [0.25, 0.3) is 0 Å². The summed E-state index contributed by atoms with van der Waals surface area (Å²) in [5, 5.41) is 17.6. The Balaban J connectivity index is 0.00000392. The van der Waals surface area contributed by atoms with Crippen molar-refractivity contribution < 1.29 is 9.90 Å². The summed E-state index contributed by atoms with van der Waals surface area (Å²) < 4.78 is 0. The molecule has 0 aliphatic carbocycles. The summed E-state index contributed by atoms with van der Waals surface area (Å²) in [7, 11) is 0. The third-order valence-electron chi connectivity index (χ3n) is 4.66. The molecule has 0 spiro atoms. The van der Waals surface area contributed by atoms with Crippen LogP contribution in [0.15, 0.2) is 29.3 Å². The number of aliphatic hydroxyl groups is 1. The molecule has 0 saturated carbocycles. The minimum absolute atomic E-state index is 0. The SMILES string of the molecule is CCNC(=NCC(O)c1ccc(Cl)cc1)NC1CCN(C(=O)C(C)C)CC1.I. The maximum absolute atomic E-state index is 12.1. The van der Waals surface area contributed by atoms with E-state index in [4.69, 9.17) is 11.6 Å². The average molecular weight is 523 g/mol. The number of carbonyl (C=O) groups is 1. The van der Waals surface area contributed by atoms with Crippen molar-refractivity contribution in [1.82, 2.24) is 15.5 Å². The minimum Gasteiger partial charge on any atom is -0.386 e. The summed E-state index contributed by atoms with van der Waals surface area (Å²) in [6.07, 6.45) is 1.11. The van der Waals surface area contributed by atoms with E-state index in [1.54, 1.807) is 12.1 Å². The quantitative estimate of drug-likeness (QED) is 0.305. The summed E-state index contributed by atoms with van der Waals surface area (Å²) in [6.45, 7) is 8.43. The zero-order valence-corrected chi connectivity index (χ0v) is 19.9. The van der Waals surface area contributed by atoms with Gasteiger partial charge in [0.15, 0.2) is 5.96 Å². The third kappa shape index (κ3) is 7.75. The number of likely N-dealkylation sites (tertiary alicyclic amines) is 1. The van der Waals surface area contributed by atoms with Crippen molar-refractivity contribution in [3.8, 4) is 0 Å². The topological polar surface area (TPSA) is 77.0 Å². The number of hydrogen-bond acceptors (Lipinski definition) is 3. The van der Waals surface area contributed by atoms with Gasteiger partial charge in [-0.2, -0.15) is 0 Å². The number of nitrogens with zero attached hydrogens (tertiary/aromatic N) is 2. The molecular formula is C20H32ClIN4O2. The second kappa shape index (κ2) is 12.5. The number of hydrogen-bond donors (Lipinski definition) is 3. The molecular weight excluding hydrogens is 491 g/mol. The fraction of sp³-hybridized carbons (Fsp3) is 0.600. The van der Waals surface area contributed by atoms with Gasteiger partial charge in [-0.25, -0.2) is 0 Å². The van der Waals surface area contributed by atoms with Crippen molar-refractivity contribution in [3.05, 3.63) is 34.9 Å². The van der Waals surface area contributed by atoms with E-state index in [0.717, 1.165) is 38.0 Å². The predicted octanol–water partition coefficient (Wildman–Crippen LogP) is 3.19. The van der Waals surface area contributed by atoms with Crippen LogP contribution in [0, 0.1) is 5.92 Å². The number of benzene rings is 1. The third-order valence-corrected chi connectivity index (χ3v) is 4.91. The summed E-state index contributed by atoms with van der Waals surface area (Å²) in [5.74, 6) is 0.960. The van der Waals surface area contributed by atoms with Gasteiger partial charge < -0.3 is 20.6 Å². The van der Waals surface area contributed by atoms with E-state index in [1.165, 1.54) is 0 Å². The molecule has 1 aliphatic rings. The Labute approximate surface area is 190 Å². The second-order valence-corrected chi connectivity index (χ2v) is 7.62. The smallest absolute Gasteiger partial charge is 0.225 e. The van der Waals surface area contributed by atoms with Gasteiger partial charge in [0.1, 0.15) is 0 Å². The molecule has 1 fully saturated rings. The van der Waals surface area contributed by atoms with Gasteiger partial charge >= 0.3 is 0 Å². The maximum atomic E-state index is 12.1. The highest BCUT2D eigenvalue weighted by atomic mass is 127. The van der Waals surface area contributed by atoms with E-state index in [1.807, 2.05) is 37.8 Å². The molecule has 0 radical (unpaired) electrons. The van der Waals surface area contributed by atoms with Crippen LogP contribution in [0.2, 0.25) is 5.02 Å². The lowest BCUT2D eigenvalue weighted by atomic mass is 10.0. The van der Waals surface area contributed by atoms with Gasteiger partial charge in [0, 0.05) is 36.6 Å². The highest BCUT2D eigenvalue weighted by Crippen LogP contribution is 2.17. The maximum Gasteiger partial charge on any atom is 0.225 e. The number of carbonyl (C=O) groups excluding carboxylic acids is 1. The lowest BCUT2D eigenvalue weighted by Crippen LogP contribution is -2.50. The normalized spacial score (nSPS) is 16.5. The zero-order valence-electron chi connectivity index (χ0n) is 16.8. The molecule has 1 saturated heterocycles. The van der Waals surface area contributed by atoms with Crippen molar-refractivity contribution in [2.75, 3.05) is 26.2 Å². The molecule has 158 valence electrons. The average Bonchev–Trinajstić information content (AvgIpc) is 2.66. The van der Waals surface area contributed by atoms with E-state index >= 15 is 0 Å². The summed E-state index contributed by atoms with van der Waals surface area (Å²) in [4.78, 5) is 18.6. The van der Waals surface area contributed by atoms with Crippen LogP contribution in [0.25, 0.3) is 0 Å². The van der Waals surface area contributed by atoms with Crippen LogP contribution in [0.4, 0.5) is 0 Å². The van der Waals surface area contributed by atoms with E-state index in [9.17, 15) is 9.90 Å². The largest absolute Gasteiger partial charge is 0.386 e. The fourth-order valence-corrected chi connectivity index (χ4v) is 3.22. The second-order valence-electron chi connectivity index (χ2n) is 7.19. The fourth-order valence-electron chi connectivity index (χ4n) is 3.09. The monoisotopic (exact) mass is 522 g/mol. The molecule has 1 amide bonds. The van der Waals surface area contributed by atoms with Crippen molar-refractivity contribution in [3.63, 3.8) is 0 Å². The molecule has 0 bridgehead atoms. The molecule has 0 aromatic heterocycles. The van der Waals surface area contributed by atoms with Crippen LogP contribution in [0.3, 0.4) is 0 Å². The first-order chi connectivity index (χ1) is 12.9. The first-order valence-electron chi connectivity index (χ1n) is 9.67. The minimum atomic E-state index is -0.678. The number of amides is 1. The van der Waals surface area contributed by atoms with E-state index in [0.29, 0.717) is 11.0 Å². The van der Waals surface area contributed by atoms with Crippen LogP contribution in [-0.2, 0) is 4.79 Å². The van der Waals surface area contributed by atoms with E-state index in [-0.39, 0.29) is 48.4 Å². The Morgan fingerprint density at radius 2 is 1.89 bits per heavy atom. The van der Waals surface area contributed by atoms with Crippen LogP contribution in [-0.4, -0.2) is 54.1 Å². The van der Waals surface area contributed by atoms with Crippen LogP contribution in [0.5, 0.6) is 0 Å². The van der Waals surface area contributed by atoms with Gasteiger partial charge in [-0.05, 0) is 37.5 Å². The molecule has 1 aromatic rings. The summed E-state index contributed by atoms with van der Waals surface area (Å²) >= 11 is 5.89. The Bertz CT molecular complexity index is 632. The van der Waals surface area contributed by atoms with Gasteiger partial charge in [-0.3, -0.25) is 9.79 Å². The Hall–Kier alpha value is -1.06. The van der Waals surface area contributed by atoms with E-state index in [2.05, 4.69) is 15.6 Å². The highest BCUT2D eigenvalue weighted by Gasteiger charge is 2.24. The number of guanidine groups is 1. The van der Waals surface area contributed by atoms with Crippen LogP contribution in [0.1, 0.15) is 45.3 Å². The van der Waals surface area contributed by atoms with Crippen molar-refractivity contribution in [1.29, 1.82) is 0 Å². The number of aliphatic hydroxyl groups excluding tert-OH is 1. The molecule has 6 nitrogen and oxygen atoms in total. The highest BCUT2D eigenvalue weighted by molar-refractivity contribution is 14.0. The van der Waals surface area contributed by atoms with Gasteiger partial charge in [-0.1, -0.05) is 37.6 Å². The number of piperidine rings is 1. The number of rotatable bonds is 6. The molecule has 28 heavy (non-hydrogen) atoms. The summed E-state index contributed by atoms with van der Waals surface area (Å²) in [5.41, 5.74) is 0.791.